The van der Waals surface area contributed by atoms with Gasteiger partial charge in [0, 0.05) is 19.3 Å². The van der Waals surface area contributed by atoms with Gasteiger partial charge in [0.25, 0.3) is 0 Å². The maximum atomic E-state index is 12.8. The molecule has 0 aromatic heterocycles. The molecule has 0 aliphatic carbocycles. The second-order valence-corrected chi connectivity index (χ2v) is 15.6. The van der Waals surface area contributed by atoms with Crippen molar-refractivity contribution in [2.45, 2.75) is 213 Å². The highest BCUT2D eigenvalue weighted by Crippen LogP contribution is 2.12. The summed E-state index contributed by atoms with van der Waals surface area (Å²) in [6, 6.07) is 0. The lowest BCUT2D eigenvalue weighted by Gasteiger charge is -2.18. The second kappa shape index (κ2) is 48.0. The highest BCUT2D eigenvalue weighted by Gasteiger charge is 2.19. The van der Waals surface area contributed by atoms with Gasteiger partial charge in [0.1, 0.15) is 13.2 Å². The quantitative estimate of drug-likeness (QED) is 0.0264. The minimum Gasteiger partial charge on any atom is -0.462 e. The first kappa shape index (κ1) is 56.3. The molecule has 6 nitrogen and oxygen atoms in total. The molecule has 0 radical (unpaired) electrons. The van der Waals surface area contributed by atoms with Gasteiger partial charge in [0.2, 0.25) is 0 Å². The van der Waals surface area contributed by atoms with Crippen LogP contribution in [0.2, 0.25) is 0 Å². The van der Waals surface area contributed by atoms with Crippen LogP contribution < -0.4 is 0 Å². The Kier molecular flexibility index (Phi) is 45.1. The molecule has 1 atom stereocenters. The van der Waals surface area contributed by atoms with E-state index in [1.807, 2.05) is 0 Å². The summed E-state index contributed by atoms with van der Waals surface area (Å²) in [5.41, 5.74) is 0. The maximum Gasteiger partial charge on any atom is 0.306 e. The Morgan fingerprint density at radius 1 is 0.350 bits per heavy atom. The lowest BCUT2D eigenvalue weighted by atomic mass is 10.1. The normalized spacial score (nSPS) is 12.9. The molecule has 0 rings (SSSR count). The first-order valence-electron chi connectivity index (χ1n) is 24.2. The van der Waals surface area contributed by atoms with Crippen LogP contribution in [0.25, 0.3) is 0 Å². The molecule has 1 unspecified atom stereocenters. The van der Waals surface area contributed by atoms with Crippen molar-refractivity contribution in [1.82, 2.24) is 0 Å². The third-order valence-corrected chi connectivity index (χ3v) is 9.80. The van der Waals surface area contributed by atoms with Gasteiger partial charge in [-0.3, -0.25) is 14.4 Å². The molecule has 0 bridgehead atoms. The molecule has 0 aliphatic rings. The second-order valence-electron chi connectivity index (χ2n) is 15.6. The molecule has 340 valence electrons. The Morgan fingerprint density at radius 2 is 0.650 bits per heavy atom. The molecule has 0 heterocycles. The fourth-order valence-corrected chi connectivity index (χ4v) is 6.20. The Balaban J connectivity index is 4.51. The molecule has 0 saturated carbocycles. The van der Waals surface area contributed by atoms with Crippen molar-refractivity contribution in [3.8, 4) is 0 Å². The SMILES string of the molecule is CC/C=C\C/C=C\C/C=C\C/C=C\CCCCC(=O)OCC(COC(=O)CCCCCCC/C=C\CCCCC)OC(=O)CCCCCCC/C=C\C/C=C\C/C=C\CC. The van der Waals surface area contributed by atoms with E-state index in [1.165, 1.54) is 32.1 Å². The van der Waals surface area contributed by atoms with Crippen LogP contribution in [-0.2, 0) is 28.6 Å². The van der Waals surface area contributed by atoms with Crippen molar-refractivity contribution < 1.29 is 28.6 Å². The molecule has 0 saturated heterocycles. The number of esters is 3. The fraction of sp³-hybridized carbons (Fsp3) is 0.648. The van der Waals surface area contributed by atoms with Gasteiger partial charge in [-0.15, -0.1) is 0 Å². The van der Waals surface area contributed by atoms with Crippen molar-refractivity contribution in [2.75, 3.05) is 13.2 Å². The molecular formula is C54H88O6. The standard InChI is InChI=1S/C54H88O6/c1-4-7-10-13-16-19-22-25-27-29-32-35-38-41-44-47-53(56)59-50-51(49-58-52(55)46-43-40-37-34-31-24-21-18-15-12-9-6-3)60-54(57)48-45-42-39-36-33-30-28-26-23-20-17-14-11-8-5-2/h7-8,10-11,16-21,25-28,32,35,51H,4-6,9,12-15,22-24,29-31,33-34,36-50H2,1-3H3/b10-7-,11-8-,19-16-,20-17-,21-18-,27-25-,28-26-,35-32-. The van der Waals surface area contributed by atoms with Crippen molar-refractivity contribution in [1.29, 1.82) is 0 Å². The van der Waals surface area contributed by atoms with Crippen LogP contribution >= 0.6 is 0 Å². The van der Waals surface area contributed by atoms with Crippen LogP contribution in [0.3, 0.4) is 0 Å². The van der Waals surface area contributed by atoms with E-state index >= 15 is 0 Å². The van der Waals surface area contributed by atoms with E-state index in [4.69, 9.17) is 14.2 Å². The number of hydrogen-bond acceptors (Lipinski definition) is 6. The van der Waals surface area contributed by atoms with Gasteiger partial charge in [-0.25, -0.2) is 0 Å². The van der Waals surface area contributed by atoms with Crippen LogP contribution in [0.5, 0.6) is 0 Å². The van der Waals surface area contributed by atoms with Gasteiger partial charge in [0.15, 0.2) is 6.10 Å². The Hall–Kier alpha value is -3.67. The minimum absolute atomic E-state index is 0.104. The van der Waals surface area contributed by atoms with Crippen molar-refractivity contribution in [3.63, 3.8) is 0 Å². The summed E-state index contributed by atoms with van der Waals surface area (Å²) < 4.78 is 16.7. The monoisotopic (exact) mass is 833 g/mol. The smallest absolute Gasteiger partial charge is 0.306 e. The fourth-order valence-electron chi connectivity index (χ4n) is 6.20. The van der Waals surface area contributed by atoms with Gasteiger partial charge in [-0.05, 0) is 116 Å². The molecule has 6 heteroatoms. The number of ether oxygens (including phenoxy) is 3. The minimum atomic E-state index is -0.806. The largest absolute Gasteiger partial charge is 0.462 e. The zero-order valence-corrected chi connectivity index (χ0v) is 38.7. The van der Waals surface area contributed by atoms with Crippen molar-refractivity contribution in [2.24, 2.45) is 0 Å². The Labute approximate surface area is 368 Å². The topological polar surface area (TPSA) is 78.9 Å². The number of carbonyl (C=O) groups excluding carboxylic acids is 3. The molecule has 0 fully saturated rings. The van der Waals surface area contributed by atoms with E-state index in [0.717, 1.165) is 135 Å². The maximum absolute atomic E-state index is 12.8. The highest BCUT2D eigenvalue weighted by molar-refractivity contribution is 5.71. The first-order chi connectivity index (χ1) is 29.5. The molecule has 0 spiro atoms. The van der Waals surface area contributed by atoms with E-state index in [9.17, 15) is 14.4 Å². The van der Waals surface area contributed by atoms with E-state index in [2.05, 4.69) is 118 Å². The third kappa shape index (κ3) is 45.4. The van der Waals surface area contributed by atoms with Crippen LogP contribution in [0.15, 0.2) is 97.2 Å². The Bertz CT molecular complexity index is 1230. The summed E-state index contributed by atoms with van der Waals surface area (Å²) in [7, 11) is 0. The summed E-state index contributed by atoms with van der Waals surface area (Å²) in [4.78, 5) is 37.9. The Morgan fingerprint density at radius 3 is 1.07 bits per heavy atom. The van der Waals surface area contributed by atoms with Gasteiger partial charge in [0.05, 0.1) is 0 Å². The molecule has 0 N–H and O–H groups in total. The zero-order valence-electron chi connectivity index (χ0n) is 38.7. The molecule has 60 heavy (non-hydrogen) atoms. The number of rotatable bonds is 42. The lowest BCUT2D eigenvalue weighted by Crippen LogP contribution is -2.30. The average molecular weight is 833 g/mol. The number of allylic oxidation sites excluding steroid dienone is 16. The van der Waals surface area contributed by atoms with Crippen LogP contribution in [0.4, 0.5) is 0 Å². The van der Waals surface area contributed by atoms with Gasteiger partial charge >= 0.3 is 17.9 Å². The summed E-state index contributed by atoms with van der Waals surface area (Å²) in [5, 5.41) is 0. The zero-order chi connectivity index (χ0) is 43.7. The number of hydrogen-bond donors (Lipinski definition) is 0. The molecular weight excluding hydrogens is 745 g/mol. The van der Waals surface area contributed by atoms with E-state index in [-0.39, 0.29) is 31.1 Å². The molecule has 0 aromatic rings. The van der Waals surface area contributed by atoms with Gasteiger partial charge in [-0.1, -0.05) is 169 Å². The number of unbranched alkanes of at least 4 members (excludes halogenated alkanes) is 15. The molecule has 0 amide bonds. The summed E-state index contributed by atoms with van der Waals surface area (Å²) >= 11 is 0. The predicted octanol–water partition coefficient (Wildman–Crippen LogP) is 15.8. The van der Waals surface area contributed by atoms with E-state index < -0.39 is 6.10 Å². The van der Waals surface area contributed by atoms with Crippen molar-refractivity contribution >= 4 is 17.9 Å². The van der Waals surface area contributed by atoms with Gasteiger partial charge < -0.3 is 14.2 Å². The summed E-state index contributed by atoms with van der Waals surface area (Å²) in [6.07, 6.45) is 62.4. The summed E-state index contributed by atoms with van der Waals surface area (Å²) in [5.74, 6) is -0.980. The van der Waals surface area contributed by atoms with Crippen LogP contribution in [-0.4, -0.2) is 37.2 Å². The van der Waals surface area contributed by atoms with Crippen LogP contribution in [0.1, 0.15) is 207 Å². The first-order valence-corrected chi connectivity index (χ1v) is 24.2. The average Bonchev–Trinajstić information content (AvgIpc) is 3.24. The van der Waals surface area contributed by atoms with E-state index in [0.29, 0.717) is 19.3 Å². The highest BCUT2D eigenvalue weighted by atomic mass is 16.6. The summed E-state index contributed by atoms with van der Waals surface area (Å²) in [6.45, 7) is 6.31. The third-order valence-electron chi connectivity index (χ3n) is 9.80. The van der Waals surface area contributed by atoms with Crippen molar-refractivity contribution in [3.05, 3.63) is 97.2 Å². The molecule has 0 aromatic carbocycles. The van der Waals surface area contributed by atoms with Crippen LogP contribution in [0, 0.1) is 0 Å². The lowest BCUT2D eigenvalue weighted by molar-refractivity contribution is -0.167. The number of carbonyl (C=O) groups is 3. The van der Waals surface area contributed by atoms with E-state index in [1.54, 1.807) is 0 Å². The van der Waals surface area contributed by atoms with Gasteiger partial charge in [-0.2, -0.15) is 0 Å². The predicted molar refractivity (Wildman–Crippen MR) is 256 cm³/mol. The molecule has 0 aliphatic heterocycles.